The van der Waals surface area contributed by atoms with Crippen molar-refractivity contribution in [3.8, 4) is 11.1 Å². The van der Waals surface area contributed by atoms with Crippen molar-refractivity contribution < 1.29 is 9.50 Å². The Hall–Kier alpha value is -4.48. The van der Waals surface area contributed by atoms with Crippen LogP contribution in [-0.2, 0) is 5.54 Å². The van der Waals surface area contributed by atoms with Gasteiger partial charge in [-0.1, -0.05) is 18.2 Å². The molecule has 7 rings (SSSR count). The van der Waals surface area contributed by atoms with Crippen molar-refractivity contribution in [2.45, 2.75) is 43.9 Å². The molecule has 1 aliphatic carbocycles. The van der Waals surface area contributed by atoms with Gasteiger partial charge >= 0.3 is 0 Å². The number of anilines is 1. The standard InChI is InChI=1S/C30H30FN9O/c1-30(32,22-2-4-24(31)5-3-22)23-14-33-29(34-15-23)38-10-8-19(9-11-38)28-26-12-20(16-40(26)37-18-35-28)21-13-36-39(17-21)25-6-7-27(25)41/h2-5,8,12-18,25,27,41H,6-7,9-11,32H2,1H3/t25-,27-,30?/m1/s1. The largest absolute Gasteiger partial charge is 0.391 e. The van der Waals surface area contributed by atoms with Crippen molar-refractivity contribution in [3.05, 3.63) is 96.4 Å². The van der Waals surface area contributed by atoms with E-state index in [1.54, 1.807) is 30.9 Å². The maximum atomic E-state index is 13.4. The molecule has 1 fully saturated rings. The summed E-state index contributed by atoms with van der Waals surface area (Å²) < 4.78 is 17.1. The number of nitrogens with zero attached hydrogens (tertiary/aromatic N) is 8. The molecule has 10 nitrogen and oxygen atoms in total. The Morgan fingerprint density at radius 2 is 1.78 bits per heavy atom. The topological polar surface area (TPSA) is 123 Å². The first-order valence-corrected chi connectivity index (χ1v) is 13.7. The first-order valence-electron chi connectivity index (χ1n) is 13.7. The van der Waals surface area contributed by atoms with Crippen molar-refractivity contribution >= 4 is 17.0 Å². The number of rotatable bonds is 6. The van der Waals surface area contributed by atoms with E-state index in [2.05, 4.69) is 42.2 Å². The van der Waals surface area contributed by atoms with Gasteiger partial charge in [0.15, 0.2) is 0 Å². The van der Waals surface area contributed by atoms with E-state index in [-0.39, 0.29) is 18.0 Å². The van der Waals surface area contributed by atoms with E-state index in [1.807, 2.05) is 34.7 Å². The van der Waals surface area contributed by atoms with Crippen LogP contribution in [0, 0.1) is 5.82 Å². The summed E-state index contributed by atoms with van der Waals surface area (Å²) in [7, 11) is 0. The number of aliphatic hydroxyl groups excluding tert-OH is 1. The molecule has 2 aliphatic rings. The maximum Gasteiger partial charge on any atom is 0.225 e. The molecule has 1 unspecified atom stereocenters. The summed E-state index contributed by atoms with van der Waals surface area (Å²) in [4.78, 5) is 16.0. The summed E-state index contributed by atoms with van der Waals surface area (Å²) in [5, 5.41) is 18.9. The van der Waals surface area contributed by atoms with Crippen LogP contribution in [0.15, 0.2) is 73.7 Å². The minimum absolute atomic E-state index is 0.0567. The fourth-order valence-electron chi connectivity index (χ4n) is 5.56. The Balaban J connectivity index is 1.09. The third-order valence-electron chi connectivity index (χ3n) is 8.36. The molecule has 0 radical (unpaired) electrons. The molecule has 1 aliphatic heterocycles. The quantitative estimate of drug-likeness (QED) is 0.327. The molecule has 0 saturated heterocycles. The molecule has 208 valence electrons. The van der Waals surface area contributed by atoms with E-state index >= 15 is 0 Å². The average Bonchev–Trinajstić information content (AvgIpc) is 3.64. The van der Waals surface area contributed by atoms with E-state index < -0.39 is 5.54 Å². The first-order chi connectivity index (χ1) is 19.9. The molecule has 4 aromatic heterocycles. The van der Waals surface area contributed by atoms with Crippen molar-refractivity contribution in [2.24, 2.45) is 5.73 Å². The highest BCUT2D eigenvalue weighted by atomic mass is 19.1. The van der Waals surface area contributed by atoms with Crippen LogP contribution in [0.4, 0.5) is 10.3 Å². The van der Waals surface area contributed by atoms with Crippen molar-refractivity contribution in [1.29, 1.82) is 0 Å². The van der Waals surface area contributed by atoms with E-state index in [1.165, 1.54) is 12.1 Å². The highest BCUT2D eigenvalue weighted by molar-refractivity contribution is 5.80. The molecule has 3 atom stereocenters. The van der Waals surface area contributed by atoms with Gasteiger partial charge in [-0.05, 0) is 55.5 Å². The van der Waals surface area contributed by atoms with Gasteiger partial charge in [0.25, 0.3) is 0 Å². The van der Waals surface area contributed by atoms with E-state index in [0.717, 1.165) is 64.8 Å². The lowest BCUT2D eigenvalue weighted by Crippen LogP contribution is -2.35. The molecule has 1 aromatic carbocycles. The number of hydrogen-bond donors (Lipinski definition) is 2. The monoisotopic (exact) mass is 551 g/mol. The normalized spacial score (nSPS) is 20.5. The number of hydrogen-bond acceptors (Lipinski definition) is 8. The maximum absolute atomic E-state index is 13.4. The van der Waals surface area contributed by atoms with Crippen LogP contribution in [0.1, 0.15) is 49.0 Å². The van der Waals surface area contributed by atoms with Crippen LogP contribution in [0.25, 0.3) is 22.2 Å². The number of nitrogens with two attached hydrogens (primary N) is 1. The number of fused-ring (bicyclic) bond motifs is 1. The summed E-state index contributed by atoms with van der Waals surface area (Å²) in [5.74, 6) is 0.330. The van der Waals surface area contributed by atoms with Gasteiger partial charge in [-0.15, -0.1) is 0 Å². The molecule has 5 aromatic rings. The fraction of sp³-hybridized carbons (Fsp3) is 0.300. The Kier molecular flexibility index (Phi) is 6.13. The number of aromatic nitrogens is 7. The Morgan fingerprint density at radius 1 is 0.976 bits per heavy atom. The van der Waals surface area contributed by atoms with Gasteiger partial charge < -0.3 is 15.7 Å². The third-order valence-corrected chi connectivity index (χ3v) is 8.36. The minimum Gasteiger partial charge on any atom is -0.391 e. The molecule has 0 spiro atoms. The lowest BCUT2D eigenvalue weighted by Gasteiger charge is -2.32. The molecular weight excluding hydrogens is 521 g/mol. The number of halogens is 1. The summed E-state index contributed by atoms with van der Waals surface area (Å²) in [6.45, 7) is 3.25. The summed E-state index contributed by atoms with van der Waals surface area (Å²) in [6, 6.07) is 8.33. The smallest absolute Gasteiger partial charge is 0.225 e. The number of benzene rings is 1. The van der Waals surface area contributed by atoms with Gasteiger partial charge in [-0.3, -0.25) is 4.68 Å². The zero-order valence-corrected chi connectivity index (χ0v) is 22.6. The van der Waals surface area contributed by atoms with Crippen LogP contribution in [0.5, 0.6) is 0 Å². The SMILES string of the molecule is CC(N)(c1ccc(F)cc1)c1cnc(N2CC=C(c3ncnn4cc(-c5cnn([C@@H]6CC[C@H]6O)c5)cc34)CC2)nc1. The highest BCUT2D eigenvalue weighted by Gasteiger charge is 2.31. The van der Waals surface area contributed by atoms with Gasteiger partial charge in [0.1, 0.15) is 12.1 Å². The van der Waals surface area contributed by atoms with Crippen molar-refractivity contribution in [2.75, 3.05) is 18.0 Å². The van der Waals surface area contributed by atoms with E-state index in [9.17, 15) is 9.50 Å². The molecular formula is C30H30FN9O. The summed E-state index contributed by atoms with van der Waals surface area (Å²) >= 11 is 0. The van der Waals surface area contributed by atoms with Gasteiger partial charge in [0.2, 0.25) is 5.95 Å². The fourth-order valence-corrected chi connectivity index (χ4v) is 5.56. The molecule has 0 amide bonds. The highest BCUT2D eigenvalue weighted by Crippen LogP contribution is 2.34. The van der Waals surface area contributed by atoms with Crippen LogP contribution < -0.4 is 10.6 Å². The van der Waals surface area contributed by atoms with Gasteiger partial charge in [-0.25, -0.2) is 23.9 Å². The molecule has 11 heteroatoms. The zero-order valence-electron chi connectivity index (χ0n) is 22.6. The van der Waals surface area contributed by atoms with Crippen LogP contribution in [-0.4, -0.2) is 58.6 Å². The Labute approximate surface area is 236 Å². The Bertz CT molecular complexity index is 1740. The molecule has 0 bridgehead atoms. The van der Waals surface area contributed by atoms with Gasteiger partial charge in [-0.2, -0.15) is 10.2 Å². The number of aliphatic hydroxyl groups is 1. The zero-order chi connectivity index (χ0) is 28.1. The lowest BCUT2D eigenvalue weighted by atomic mass is 9.87. The Morgan fingerprint density at radius 3 is 2.46 bits per heavy atom. The van der Waals surface area contributed by atoms with Crippen molar-refractivity contribution in [3.63, 3.8) is 0 Å². The molecule has 3 N–H and O–H groups in total. The predicted molar refractivity (Wildman–Crippen MR) is 152 cm³/mol. The van der Waals surface area contributed by atoms with E-state index in [4.69, 9.17) is 5.73 Å². The third kappa shape index (κ3) is 4.56. The van der Waals surface area contributed by atoms with E-state index in [0.29, 0.717) is 12.5 Å². The van der Waals surface area contributed by atoms with Crippen LogP contribution >= 0.6 is 0 Å². The van der Waals surface area contributed by atoms with Gasteiger partial charge in [0, 0.05) is 54.6 Å². The average molecular weight is 552 g/mol. The summed E-state index contributed by atoms with van der Waals surface area (Å²) in [5.41, 5.74) is 12.3. The van der Waals surface area contributed by atoms with Crippen LogP contribution in [0.2, 0.25) is 0 Å². The lowest BCUT2D eigenvalue weighted by molar-refractivity contribution is 0.0254. The van der Waals surface area contributed by atoms with Crippen LogP contribution in [0.3, 0.4) is 0 Å². The molecule has 41 heavy (non-hydrogen) atoms. The minimum atomic E-state index is -0.840. The second-order valence-electron chi connectivity index (χ2n) is 11.0. The predicted octanol–water partition coefficient (Wildman–Crippen LogP) is 3.73. The molecule has 1 saturated carbocycles. The molecule has 5 heterocycles. The summed E-state index contributed by atoms with van der Waals surface area (Å²) in [6.07, 6.45) is 15.3. The second kappa shape index (κ2) is 9.86. The first kappa shape index (κ1) is 25.5. The second-order valence-corrected chi connectivity index (χ2v) is 11.0. The van der Waals surface area contributed by atoms with Crippen molar-refractivity contribution in [1.82, 2.24) is 34.3 Å². The van der Waals surface area contributed by atoms with Gasteiger partial charge in [0.05, 0.1) is 35.1 Å².